The zero-order valence-corrected chi connectivity index (χ0v) is 6.99. The number of amidine groups is 1. The van der Waals surface area contributed by atoms with Gasteiger partial charge in [-0.3, -0.25) is 4.99 Å². The summed E-state index contributed by atoms with van der Waals surface area (Å²) in [7, 11) is 0. The van der Waals surface area contributed by atoms with E-state index in [0.717, 1.165) is 6.42 Å². The number of aliphatic imine (C=N–C) groups is 1. The van der Waals surface area contributed by atoms with Crippen LogP contribution in [0.25, 0.3) is 0 Å². The zero-order chi connectivity index (χ0) is 9.61. The molecule has 0 rings (SSSR count). The second-order valence-corrected chi connectivity index (χ2v) is 2.49. The van der Waals surface area contributed by atoms with Gasteiger partial charge in [-0.2, -0.15) is 13.2 Å². The molecule has 2 nitrogen and oxygen atoms in total. The Balaban J connectivity index is 3.63. The van der Waals surface area contributed by atoms with E-state index in [-0.39, 0.29) is 12.3 Å². The van der Waals surface area contributed by atoms with Gasteiger partial charge < -0.3 is 5.73 Å². The van der Waals surface area contributed by atoms with Crippen molar-refractivity contribution in [3.8, 4) is 0 Å². The first-order valence-corrected chi connectivity index (χ1v) is 3.81. The monoisotopic (exact) mass is 182 g/mol. The van der Waals surface area contributed by atoms with Gasteiger partial charge in [0.05, 0.1) is 12.3 Å². The van der Waals surface area contributed by atoms with Crippen LogP contribution in [0.5, 0.6) is 0 Å². The molecule has 0 aromatic rings. The fraction of sp³-hybridized carbons (Fsp3) is 0.857. The first-order valence-electron chi connectivity index (χ1n) is 3.81. The van der Waals surface area contributed by atoms with Crippen molar-refractivity contribution in [2.24, 2.45) is 10.7 Å². The van der Waals surface area contributed by atoms with Crippen LogP contribution in [-0.4, -0.2) is 18.6 Å². The van der Waals surface area contributed by atoms with Gasteiger partial charge in [-0.1, -0.05) is 6.92 Å². The standard InChI is InChI=1S/C7H13F3N2/c1-2-5-12-6(11)3-4-7(8,9)10/h2-5H2,1H3,(H2,11,12). The van der Waals surface area contributed by atoms with E-state index in [1.807, 2.05) is 6.92 Å². The van der Waals surface area contributed by atoms with Crippen LogP contribution in [0.1, 0.15) is 26.2 Å². The lowest BCUT2D eigenvalue weighted by Crippen LogP contribution is -2.17. The second kappa shape index (κ2) is 5.00. The molecule has 0 saturated heterocycles. The average molecular weight is 182 g/mol. The summed E-state index contributed by atoms with van der Waals surface area (Å²) >= 11 is 0. The third kappa shape index (κ3) is 7.37. The summed E-state index contributed by atoms with van der Waals surface area (Å²) in [6, 6.07) is 0. The Kier molecular flexibility index (Phi) is 4.70. The molecule has 0 heterocycles. The van der Waals surface area contributed by atoms with Gasteiger partial charge in [-0.25, -0.2) is 0 Å². The summed E-state index contributed by atoms with van der Waals surface area (Å²) in [5, 5.41) is 0. The Labute approximate surface area is 69.7 Å². The molecule has 0 saturated carbocycles. The van der Waals surface area contributed by atoms with Crippen LogP contribution >= 0.6 is 0 Å². The van der Waals surface area contributed by atoms with Gasteiger partial charge in [0.25, 0.3) is 0 Å². The molecule has 2 N–H and O–H groups in total. The van der Waals surface area contributed by atoms with Gasteiger partial charge in [0, 0.05) is 13.0 Å². The normalized spacial score (nSPS) is 13.5. The molecule has 0 unspecified atom stereocenters. The van der Waals surface area contributed by atoms with Crippen LogP contribution in [0.2, 0.25) is 0 Å². The highest BCUT2D eigenvalue weighted by atomic mass is 19.4. The minimum absolute atomic E-state index is 0.0918. The molecule has 5 heteroatoms. The minimum Gasteiger partial charge on any atom is -0.387 e. The molecule has 0 amide bonds. The summed E-state index contributed by atoms with van der Waals surface area (Å²) in [4.78, 5) is 3.74. The predicted octanol–water partition coefficient (Wildman–Crippen LogP) is 2.10. The Hall–Kier alpha value is -0.740. The third-order valence-electron chi connectivity index (χ3n) is 1.20. The number of hydrogen-bond donors (Lipinski definition) is 1. The highest BCUT2D eigenvalue weighted by Gasteiger charge is 2.26. The second-order valence-electron chi connectivity index (χ2n) is 2.49. The van der Waals surface area contributed by atoms with Crippen molar-refractivity contribution in [1.82, 2.24) is 0 Å². The van der Waals surface area contributed by atoms with E-state index in [9.17, 15) is 13.2 Å². The van der Waals surface area contributed by atoms with Crippen molar-refractivity contribution in [3.05, 3.63) is 0 Å². The lowest BCUT2D eigenvalue weighted by atomic mass is 10.3. The van der Waals surface area contributed by atoms with Crippen molar-refractivity contribution >= 4 is 5.84 Å². The topological polar surface area (TPSA) is 38.4 Å². The highest BCUT2D eigenvalue weighted by molar-refractivity contribution is 5.80. The summed E-state index contributed by atoms with van der Waals surface area (Å²) in [6.07, 6.45) is -4.41. The Bertz CT molecular complexity index is 151. The molecule has 12 heavy (non-hydrogen) atoms. The molecule has 0 aliphatic carbocycles. The number of nitrogens with two attached hydrogens (primary N) is 1. The van der Waals surface area contributed by atoms with Crippen LogP contribution in [0.3, 0.4) is 0 Å². The maximum atomic E-state index is 11.6. The van der Waals surface area contributed by atoms with E-state index >= 15 is 0 Å². The fourth-order valence-corrected chi connectivity index (χ4v) is 0.604. The molecule has 0 aliphatic rings. The summed E-state index contributed by atoms with van der Waals surface area (Å²) < 4.78 is 34.9. The number of rotatable bonds is 4. The van der Waals surface area contributed by atoms with Crippen LogP contribution in [0.15, 0.2) is 4.99 Å². The van der Waals surface area contributed by atoms with E-state index in [1.54, 1.807) is 0 Å². The number of alkyl halides is 3. The fourth-order valence-electron chi connectivity index (χ4n) is 0.604. The zero-order valence-electron chi connectivity index (χ0n) is 6.99. The van der Waals surface area contributed by atoms with Gasteiger partial charge in [-0.05, 0) is 6.42 Å². The average Bonchev–Trinajstić information content (AvgIpc) is 1.95. The Morgan fingerprint density at radius 1 is 1.42 bits per heavy atom. The van der Waals surface area contributed by atoms with Crippen molar-refractivity contribution < 1.29 is 13.2 Å². The molecule has 0 radical (unpaired) electrons. The molecule has 0 bridgehead atoms. The highest BCUT2D eigenvalue weighted by Crippen LogP contribution is 2.20. The first kappa shape index (κ1) is 11.3. The Morgan fingerprint density at radius 3 is 2.42 bits per heavy atom. The van der Waals surface area contributed by atoms with Gasteiger partial charge in [0.2, 0.25) is 0 Å². The van der Waals surface area contributed by atoms with Gasteiger partial charge >= 0.3 is 6.18 Å². The van der Waals surface area contributed by atoms with E-state index < -0.39 is 12.6 Å². The first-order chi connectivity index (χ1) is 5.45. The minimum atomic E-state index is -4.13. The van der Waals surface area contributed by atoms with E-state index in [4.69, 9.17) is 5.73 Å². The SMILES string of the molecule is CCCN=C(N)CCC(F)(F)F. The number of halogens is 3. The molecule has 72 valence electrons. The van der Waals surface area contributed by atoms with Crippen molar-refractivity contribution in [3.63, 3.8) is 0 Å². The molecular formula is C7H13F3N2. The smallest absolute Gasteiger partial charge is 0.387 e. The molecular weight excluding hydrogens is 169 g/mol. The maximum absolute atomic E-state index is 11.6. The van der Waals surface area contributed by atoms with Crippen molar-refractivity contribution in [2.75, 3.05) is 6.54 Å². The predicted molar refractivity (Wildman–Crippen MR) is 42.1 cm³/mol. The van der Waals surface area contributed by atoms with E-state index in [0.29, 0.717) is 6.54 Å². The lowest BCUT2D eigenvalue weighted by molar-refractivity contribution is -0.132. The molecule has 0 fully saturated rings. The maximum Gasteiger partial charge on any atom is 0.389 e. The van der Waals surface area contributed by atoms with Crippen LogP contribution in [0, 0.1) is 0 Å². The molecule has 0 aromatic carbocycles. The molecule has 0 aromatic heterocycles. The van der Waals surface area contributed by atoms with Crippen molar-refractivity contribution in [1.29, 1.82) is 0 Å². The quantitative estimate of drug-likeness (QED) is 0.524. The van der Waals surface area contributed by atoms with E-state index in [2.05, 4.69) is 4.99 Å². The summed E-state index contributed by atoms with van der Waals surface area (Å²) in [6.45, 7) is 2.39. The summed E-state index contributed by atoms with van der Waals surface area (Å²) in [5.74, 6) is 0.0918. The molecule has 0 aliphatic heterocycles. The summed E-state index contributed by atoms with van der Waals surface area (Å²) in [5.41, 5.74) is 5.22. The largest absolute Gasteiger partial charge is 0.389 e. The lowest BCUT2D eigenvalue weighted by Gasteiger charge is -2.04. The van der Waals surface area contributed by atoms with Gasteiger partial charge in [0.1, 0.15) is 0 Å². The van der Waals surface area contributed by atoms with Crippen molar-refractivity contribution in [2.45, 2.75) is 32.4 Å². The van der Waals surface area contributed by atoms with Gasteiger partial charge in [0.15, 0.2) is 0 Å². The van der Waals surface area contributed by atoms with Crippen LogP contribution < -0.4 is 5.73 Å². The van der Waals surface area contributed by atoms with E-state index in [1.165, 1.54) is 0 Å². The van der Waals surface area contributed by atoms with Crippen LogP contribution in [0.4, 0.5) is 13.2 Å². The number of nitrogens with zero attached hydrogens (tertiary/aromatic N) is 1. The van der Waals surface area contributed by atoms with Gasteiger partial charge in [-0.15, -0.1) is 0 Å². The molecule has 0 atom stereocenters. The molecule has 0 spiro atoms. The Morgan fingerprint density at radius 2 is 2.00 bits per heavy atom. The van der Waals surface area contributed by atoms with Crippen LogP contribution in [-0.2, 0) is 0 Å². The number of hydrogen-bond acceptors (Lipinski definition) is 1. The third-order valence-corrected chi connectivity index (χ3v) is 1.20.